The number of hydrogen-bond acceptors (Lipinski definition) is 4. The summed E-state index contributed by atoms with van der Waals surface area (Å²) in [4.78, 5) is 4.41. The number of nitrogens with zero attached hydrogens (tertiary/aromatic N) is 3. The zero-order valence-electron chi connectivity index (χ0n) is 13.4. The Morgan fingerprint density at radius 2 is 1.92 bits per heavy atom. The van der Waals surface area contributed by atoms with Crippen molar-refractivity contribution in [2.75, 3.05) is 11.1 Å². The van der Waals surface area contributed by atoms with Gasteiger partial charge in [-0.1, -0.05) is 35.9 Å². The molecule has 4 aromatic rings. The highest BCUT2D eigenvalue weighted by Gasteiger charge is 2.08. The van der Waals surface area contributed by atoms with E-state index >= 15 is 0 Å². The van der Waals surface area contributed by atoms with E-state index in [1.54, 1.807) is 6.20 Å². The lowest BCUT2D eigenvalue weighted by Crippen LogP contribution is -2.04. The minimum Gasteiger partial charge on any atom is -0.399 e. The third kappa shape index (κ3) is 3.27. The average Bonchev–Trinajstić information content (AvgIpc) is 3.03. The van der Waals surface area contributed by atoms with Crippen molar-refractivity contribution < 1.29 is 0 Å². The van der Waals surface area contributed by atoms with Gasteiger partial charge in [0, 0.05) is 22.8 Å². The Balaban J connectivity index is 1.64. The monoisotopic (exact) mass is 349 g/mol. The van der Waals surface area contributed by atoms with Gasteiger partial charge in [0.1, 0.15) is 5.82 Å². The van der Waals surface area contributed by atoms with Crippen LogP contribution in [0.25, 0.3) is 16.9 Å². The summed E-state index contributed by atoms with van der Waals surface area (Å²) < 4.78 is 1.81. The first-order chi connectivity index (χ1) is 12.2. The lowest BCUT2D eigenvalue weighted by molar-refractivity contribution is 0.931. The van der Waals surface area contributed by atoms with Gasteiger partial charge in [0.2, 0.25) is 0 Å². The van der Waals surface area contributed by atoms with Crippen molar-refractivity contribution in [1.82, 2.24) is 14.6 Å². The van der Waals surface area contributed by atoms with Gasteiger partial charge >= 0.3 is 0 Å². The molecule has 0 bridgehead atoms. The first-order valence-corrected chi connectivity index (χ1v) is 8.26. The highest BCUT2D eigenvalue weighted by atomic mass is 35.5. The fourth-order valence-corrected chi connectivity index (χ4v) is 2.91. The summed E-state index contributed by atoms with van der Waals surface area (Å²) in [5.41, 5.74) is 10.4. The summed E-state index contributed by atoms with van der Waals surface area (Å²) in [7, 11) is 0. The summed E-state index contributed by atoms with van der Waals surface area (Å²) in [5, 5.41) is 8.69. The van der Waals surface area contributed by atoms with Gasteiger partial charge in [-0.05, 0) is 42.0 Å². The van der Waals surface area contributed by atoms with Gasteiger partial charge in [-0.3, -0.25) is 0 Å². The smallest absolute Gasteiger partial charge is 0.154 e. The van der Waals surface area contributed by atoms with Gasteiger partial charge in [-0.2, -0.15) is 0 Å². The number of anilines is 2. The molecule has 4 rings (SSSR count). The SMILES string of the molecule is Nc1cccc(-c2cnc3ccc(NCc4cccc(Cl)c4)nn23)c1. The molecule has 25 heavy (non-hydrogen) atoms. The number of fused-ring (bicyclic) bond motifs is 1. The largest absolute Gasteiger partial charge is 0.399 e. The molecule has 0 aliphatic rings. The molecule has 0 aliphatic carbocycles. The molecule has 0 radical (unpaired) electrons. The van der Waals surface area contributed by atoms with Crippen molar-refractivity contribution in [3.8, 4) is 11.3 Å². The molecule has 2 aromatic carbocycles. The molecule has 2 heterocycles. The zero-order chi connectivity index (χ0) is 17.2. The van der Waals surface area contributed by atoms with E-state index in [0.717, 1.165) is 33.3 Å². The van der Waals surface area contributed by atoms with Crippen molar-refractivity contribution in [2.24, 2.45) is 0 Å². The maximum atomic E-state index is 6.03. The van der Waals surface area contributed by atoms with E-state index in [-0.39, 0.29) is 0 Å². The number of imidazole rings is 1. The van der Waals surface area contributed by atoms with E-state index in [1.165, 1.54) is 0 Å². The lowest BCUT2D eigenvalue weighted by Gasteiger charge is -2.08. The summed E-state index contributed by atoms with van der Waals surface area (Å²) in [6.45, 7) is 0.640. The Hall–Kier alpha value is -3.05. The molecule has 2 aromatic heterocycles. The molecule has 5 nitrogen and oxygen atoms in total. The first-order valence-electron chi connectivity index (χ1n) is 7.88. The number of nitrogens with one attached hydrogen (secondary N) is 1. The minimum absolute atomic E-state index is 0.640. The molecule has 0 spiro atoms. The van der Waals surface area contributed by atoms with Crippen LogP contribution in [0.2, 0.25) is 5.02 Å². The zero-order valence-corrected chi connectivity index (χ0v) is 14.1. The Morgan fingerprint density at radius 1 is 1.04 bits per heavy atom. The van der Waals surface area contributed by atoms with Crippen LogP contribution in [-0.2, 0) is 6.54 Å². The van der Waals surface area contributed by atoms with Crippen LogP contribution in [0, 0.1) is 0 Å². The topological polar surface area (TPSA) is 68.2 Å². The van der Waals surface area contributed by atoms with Crippen LogP contribution in [0.3, 0.4) is 0 Å². The lowest BCUT2D eigenvalue weighted by atomic mass is 10.1. The number of aromatic nitrogens is 3. The summed E-state index contributed by atoms with van der Waals surface area (Å²) in [5.74, 6) is 0.760. The molecule has 0 saturated heterocycles. The van der Waals surface area contributed by atoms with Gasteiger partial charge in [0.25, 0.3) is 0 Å². The van der Waals surface area contributed by atoms with Crippen LogP contribution in [0.15, 0.2) is 66.9 Å². The fourth-order valence-electron chi connectivity index (χ4n) is 2.70. The third-order valence-corrected chi connectivity index (χ3v) is 4.14. The number of hydrogen-bond donors (Lipinski definition) is 2. The fraction of sp³-hybridized carbons (Fsp3) is 0.0526. The quantitative estimate of drug-likeness (QED) is 0.540. The minimum atomic E-state index is 0.640. The second-order valence-corrected chi connectivity index (χ2v) is 6.18. The van der Waals surface area contributed by atoms with E-state index in [4.69, 9.17) is 17.3 Å². The maximum Gasteiger partial charge on any atom is 0.154 e. The third-order valence-electron chi connectivity index (χ3n) is 3.91. The van der Waals surface area contributed by atoms with Crippen molar-refractivity contribution in [2.45, 2.75) is 6.54 Å². The number of halogens is 1. The maximum absolute atomic E-state index is 6.03. The Labute approximate surface area is 150 Å². The predicted octanol–water partition coefficient (Wildman–Crippen LogP) is 4.24. The molecule has 6 heteroatoms. The number of rotatable bonds is 4. The van der Waals surface area contributed by atoms with Crippen molar-refractivity contribution in [1.29, 1.82) is 0 Å². The molecule has 3 N–H and O–H groups in total. The van der Waals surface area contributed by atoms with Crippen LogP contribution < -0.4 is 11.1 Å². The second-order valence-electron chi connectivity index (χ2n) is 5.74. The van der Waals surface area contributed by atoms with E-state index in [2.05, 4.69) is 15.4 Å². The standard InChI is InChI=1S/C19H16ClN5/c20-15-5-1-3-13(9-15)11-22-18-7-8-19-23-12-17(25(19)24-18)14-4-2-6-16(21)10-14/h1-10,12H,11,21H2,(H,22,24). The molecule has 0 amide bonds. The molecular weight excluding hydrogens is 334 g/mol. The van der Waals surface area contributed by atoms with E-state index in [9.17, 15) is 0 Å². The molecule has 0 aliphatic heterocycles. The van der Waals surface area contributed by atoms with E-state index < -0.39 is 0 Å². The average molecular weight is 350 g/mol. The first kappa shape index (κ1) is 15.5. The van der Waals surface area contributed by atoms with Crippen molar-refractivity contribution in [3.05, 3.63) is 77.4 Å². The van der Waals surface area contributed by atoms with Gasteiger partial charge in [0.15, 0.2) is 5.65 Å². The molecular formula is C19H16ClN5. The van der Waals surface area contributed by atoms with Crippen LogP contribution >= 0.6 is 11.6 Å². The predicted molar refractivity (Wildman–Crippen MR) is 102 cm³/mol. The Morgan fingerprint density at radius 3 is 2.76 bits per heavy atom. The van der Waals surface area contributed by atoms with Crippen LogP contribution in [0.4, 0.5) is 11.5 Å². The van der Waals surface area contributed by atoms with E-state index in [0.29, 0.717) is 12.2 Å². The van der Waals surface area contributed by atoms with Crippen molar-refractivity contribution >= 4 is 28.8 Å². The summed E-state index contributed by atoms with van der Waals surface area (Å²) in [6.07, 6.45) is 1.80. The highest BCUT2D eigenvalue weighted by molar-refractivity contribution is 6.30. The van der Waals surface area contributed by atoms with E-state index in [1.807, 2.05) is 65.2 Å². The molecule has 0 saturated carbocycles. The molecule has 0 unspecified atom stereocenters. The Kier molecular flexibility index (Phi) is 3.99. The summed E-state index contributed by atoms with van der Waals surface area (Å²) in [6, 6.07) is 19.3. The normalized spacial score (nSPS) is 10.9. The molecule has 124 valence electrons. The highest BCUT2D eigenvalue weighted by Crippen LogP contribution is 2.22. The van der Waals surface area contributed by atoms with Crippen LogP contribution in [-0.4, -0.2) is 14.6 Å². The number of nitrogens with two attached hydrogens (primary N) is 1. The van der Waals surface area contributed by atoms with Crippen molar-refractivity contribution in [3.63, 3.8) is 0 Å². The second kappa shape index (κ2) is 6.45. The van der Waals surface area contributed by atoms with Gasteiger partial charge < -0.3 is 11.1 Å². The molecule has 0 fully saturated rings. The van der Waals surface area contributed by atoms with Crippen LogP contribution in [0.5, 0.6) is 0 Å². The Bertz CT molecular complexity index is 1040. The molecule has 0 atom stereocenters. The summed E-state index contributed by atoms with van der Waals surface area (Å²) >= 11 is 6.03. The van der Waals surface area contributed by atoms with Gasteiger partial charge in [0.05, 0.1) is 11.9 Å². The van der Waals surface area contributed by atoms with Gasteiger partial charge in [-0.15, -0.1) is 5.10 Å². The number of nitrogen functional groups attached to an aromatic ring is 1. The number of benzene rings is 2. The van der Waals surface area contributed by atoms with Gasteiger partial charge in [-0.25, -0.2) is 9.50 Å². The van der Waals surface area contributed by atoms with Crippen LogP contribution in [0.1, 0.15) is 5.56 Å².